The first-order valence-corrected chi connectivity index (χ1v) is 7.70. The van der Waals surface area contributed by atoms with Crippen LogP contribution in [-0.2, 0) is 0 Å². The Morgan fingerprint density at radius 3 is 2.72 bits per heavy atom. The van der Waals surface area contributed by atoms with Gasteiger partial charge in [0.15, 0.2) is 0 Å². The number of non-ortho nitro benzene ring substituents is 1. The lowest BCUT2D eigenvalue weighted by Crippen LogP contribution is -2.16. The quantitative estimate of drug-likeness (QED) is 0.565. The molecule has 0 unspecified atom stereocenters. The summed E-state index contributed by atoms with van der Waals surface area (Å²) in [5.41, 5.74) is 1.51. The minimum Gasteiger partial charge on any atom is -0.306 e. The van der Waals surface area contributed by atoms with E-state index >= 15 is 0 Å². The Morgan fingerprint density at radius 2 is 2.04 bits per heavy atom. The topological polar surface area (TPSA) is 90.1 Å². The van der Waals surface area contributed by atoms with Crippen molar-refractivity contribution in [3.8, 4) is 5.69 Å². The molecule has 7 nitrogen and oxygen atoms in total. The Hall–Kier alpha value is -3.19. The first-order chi connectivity index (χ1) is 12.0. The van der Waals surface area contributed by atoms with E-state index in [2.05, 4.69) is 10.4 Å². The van der Waals surface area contributed by atoms with Crippen LogP contribution in [0.15, 0.2) is 54.7 Å². The summed E-state index contributed by atoms with van der Waals surface area (Å²) in [5, 5.41) is 18.3. The van der Waals surface area contributed by atoms with Crippen molar-refractivity contribution in [2.24, 2.45) is 0 Å². The normalized spacial score (nSPS) is 10.5. The molecule has 2 aromatic carbocycles. The van der Waals surface area contributed by atoms with E-state index in [0.29, 0.717) is 27.7 Å². The average molecular weight is 357 g/mol. The van der Waals surface area contributed by atoms with Gasteiger partial charge in [-0.3, -0.25) is 14.9 Å². The van der Waals surface area contributed by atoms with Crippen molar-refractivity contribution in [2.75, 3.05) is 5.32 Å². The van der Waals surface area contributed by atoms with Gasteiger partial charge in [0.25, 0.3) is 11.6 Å². The summed E-state index contributed by atoms with van der Waals surface area (Å²) in [5.74, 6) is 0.0844. The maximum absolute atomic E-state index is 12.5. The van der Waals surface area contributed by atoms with Gasteiger partial charge in [-0.25, -0.2) is 4.68 Å². The van der Waals surface area contributed by atoms with Crippen LogP contribution in [0.1, 0.15) is 15.9 Å². The number of carbonyl (C=O) groups is 1. The number of nitrogens with one attached hydrogen (secondary N) is 1. The van der Waals surface area contributed by atoms with Gasteiger partial charge in [0.1, 0.15) is 5.82 Å². The van der Waals surface area contributed by atoms with E-state index in [1.165, 1.54) is 18.2 Å². The second kappa shape index (κ2) is 6.74. The van der Waals surface area contributed by atoms with Gasteiger partial charge in [0.05, 0.1) is 16.8 Å². The summed E-state index contributed by atoms with van der Waals surface area (Å²) in [6, 6.07) is 12.8. The van der Waals surface area contributed by atoms with Crippen LogP contribution in [0, 0.1) is 17.0 Å². The highest BCUT2D eigenvalue weighted by Gasteiger charge is 2.15. The van der Waals surface area contributed by atoms with Gasteiger partial charge in [-0.05, 0) is 36.8 Å². The van der Waals surface area contributed by atoms with Crippen molar-refractivity contribution in [3.63, 3.8) is 0 Å². The molecule has 1 amide bonds. The fourth-order valence-electron chi connectivity index (χ4n) is 2.41. The SMILES string of the molecule is Cc1cc([N+](=O)[O-])ccc1C(=O)Nc1ccnn1-c1cccc(Cl)c1. The van der Waals surface area contributed by atoms with Crippen LogP contribution >= 0.6 is 11.6 Å². The van der Waals surface area contributed by atoms with Gasteiger partial charge < -0.3 is 5.32 Å². The number of aryl methyl sites for hydroxylation is 1. The molecule has 0 aliphatic heterocycles. The monoisotopic (exact) mass is 356 g/mol. The van der Waals surface area contributed by atoms with Crippen molar-refractivity contribution >= 4 is 29.0 Å². The van der Waals surface area contributed by atoms with Gasteiger partial charge in [0, 0.05) is 28.8 Å². The van der Waals surface area contributed by atoms with Gasteiger partial charge in [-0.1, -0.05) is 17.7 Å². The van der Waals surface area contributed by atoms with Crippen LogP contribution < -0.4 is 5.32 Å². The smallest absolute Gasteiger partial charge is 0.269 e. The third kappa shape index (κ3) is 3.51. The lowest BCUT2D eigenvalue weighted by molar-refractivity contribution is -0.384. The van der Waals surface area contributed by atoms with Crippen LogP contribution in [0.2, 0.25) is 5.02 Å². The van der Waals surface area contributed by atoms with Crippen molar-refractivity contribution in [1.82, 2.24) is 9.78 Å². The lowest BCUT2D eigenvalue weighted by Gasteiger charge is -2.10. The minimum absolute atomic E-state index is 0.0574. The third-order valence-electron chi connectivity index (χ3n) is 3.60. The Labute approximate surface area is 148 Å². The predicted octanol–water partition coefficient (Wildman–Crippen LogP) is 3.99. The zero-order chi connectivity index (χ0) is 18.0. The highest BCUT2D eigenvalue weighted by molar-refractivity contribution is 6.30. The fraction of sp³-hybridized carbons (Fsp3) is 0.0588. The molecule has 0 aliphatic rings. The zero-order valence-electron chi connectivity index (χ0n) is 13.1. The number of rotatable bonds is 4. The van der Waals surface area contributed by atoms with Crippen molar-refractivity contribution < 1.29 is 9.72 Å². The number of nitro groups is 1. The molecule has 0 saturated carbocycles. The lowest BCUT2D eigenvalue weighted by atomic mass is 10.1. The molecule has 0 radical (unpaired) electrons. The first-order valence-electron chi connectivity index (χ1n) is 7.32. The third-order valence-corrected chi connectivity index (χ3v) is 3.84. The molecular formula is C17H13ClN4O3. The largest absolute Gasteiger partial charge is 0.306 e. The summed E-state index contributed by atoms with van der Waals surface area (Å²) in [4.78, 5) is 22.8. The van der Waals surface area contributed by atoms with E-state index < -0.39 is 4.92 Å². The maximum atomic E-state index is 12.5. The van der Waals surface area contributed by atoms with E-state index in [0.717, 1.165) is 0 Å². The molecule has 25 heavy (non-hydrogen) atoms. The predicted molar refractivity (Wildman–Crippen MR) is 94.4 cm³/mol. The first kappa shape index (κ1) is 16.7. The molecule has 1 aromatic heterocycles. The number of aromatic nitrogens is 2. The molecule has 3 aromatic rings. The highest BCUT2D eigenvalue weighted by atomic mass is 35.5. The Bertz CT molecular complexity index is 968. The number of nitro benzene ring substituents is 1. The number of amides is 1. The molecule has 0 saturated heterocycles. The molecule has 0 spiro atoms. The highest BCUT2D eigenvalue weighted by Crippen LogP contribution is 2.21. The summed E-state index contributed by atoms with van der Waals surface area (Å²) in [6.07, 6.45) is 1.55. The molecule has 0 bridgehead atoms. The number of carbonyl (C=O) groups excluding carboxylic acids is 1. The minimum atomic E-state index is -0.497. The molecular weight excluding hydrogens is 344 g/mol. The molecule has 1 N–H and O–H groups in total. The number of nitrogens with zero attached hydrogens (tertiary/aromatic N) is 3. The summed E-state index contributed by atoms with van der Waals surface area (Å²) < 4.78 is 1.55. The van der Waals surface area contributed by atoms with Crippen molar-refractivity contribution in [1.29, 1.82) is 0 Å². The molecule has 0 aliphatic carbocycles. The zero-order valence-corrected chi connectivity index (χ0v) is 13.9. The molecule has 8 heteroatoms. The van der Waals surface area contributed by atoms with Crippen LogP contribution in [0.4, 0.5) is 11.5 Å². The summed E-state index contributed by atoms with van der Waals surface area (Å²) >= 11 is 5.99. The van der Waals surface area contributed by atoms with Gasteiger partial charge >= 0.3 is 0 Å². The Morgan fingerprint density at radius 1 is 1.24 bits per heavy atom. The second-order valence-electron chi connectivity index (χ2n) is 5.32. The van der Waals surface area contributed by atoms with E-state index in [9.17, 15) is 14.9 Å². The number of hydrogen-bond donors (Lipinski definition) is 1. The molecule has 1 heterocycles. The van der Waals surface area contributed by atoms with Gasteiger partial charge in [-0.15, -0.1) is 0 Å². The van der Waals surface area contributed by atoms with Crippen LogP contribution in [0.5, 0.6) is 0 Å². The molecule has 126 valence electrons. The molecule has 0 atom stereocenters. The number of benzene rings is 2. The van der Waals surface area contributed by atoms with Crippen LogP contribution in [0.3, 0.4) is 0 Å². The maximum Gasteiger partial charge on any atom is 0.269 e. The van der Waals surface area contributed by atoms with Gasteiger partial charge in [-0.2, -0.15) is 5.10 Å². The summed E-state index contributed by atoms with van der Waals surface area (Å²) in [7, 11) is 0. The molecule has 0 fully saturated rings. The standard InChI is InChI=1S/C17H13ClN4O3/c1-11-9-14(22(24)25)5-6-15(11)17(23)20-16-7-8-19-21(16)13-4-2-3-12(18)10-13/h2-10H,1H3,(H,20,23). The Balaban J connectivity index is 1.88. The number of halogens is 1. The van der Waals surface area contributed by atoms with Crippen molar-refractivity contribution in [2.45, 2.75) is 6.92 Å². The Kier molecular flexibility index (Phi) is 4.49. The van der Waals surface area contributed by atoms with E-state index in [4.69, 9.17) is 11.6 Å². The van der Waals surface area contributed by atoms with E-state index in [-0.39, 0.29) is 11.6 Å². The van der Waals surface area contributed by atoms with E-state index in [1.54, 1.807) is 42.1 Å². The van der Waals surface area contributed by atoms with Crippen molar-refractivity contribution in [3.05, 3.63) is 81.0 Å². The summed E-state index contributed by atoms with van der Waals surface area (Å²) in [6.45, 7) is 1.65. The van der Waals surface area contributed by atoms with E-state index in [1.807, 2.05) is 6.07 Å². The number of hydrogen-bond acceptors (Lipinski definition) is 4. The van der Waals surface area contributed by atoms with Crippen LogP contribution in [-0.4, -0.2) is 20.6 Å². The van der Waals surface area contributed by atoms with Crippen LogP contribution in [0.25, 0.3) is 5.69 Å². The van der Waals surface area contributed by atoms with Gasteiger partial charge in [0.2, 0.25) is 0 Å². The fourth-order valence-corrected chi connectivity index (χ4v) is 2.60. The second-order valence-corrected chi connectivity index (χ2v) is 5.76. The number of anilines is 1. The average Bonchev–Trinajstić information content (AvgIpc) is 3.02. The molecule has 3 rings (SSSR count).